The Morgan fingerprint density at radius 3 is 2.62 bits per heavy atom. The van der Waals surface area contributed by atoms with Gasteiger partial charge in [0.15, 0.2) is 11.5 Å². The van der Waals surface area contributed by atoms with Crippen molar-refractivity contribution in [2.75, 3.05) is 33.9 Å². The Bertz CT molecular complexity index is 755. The molecule has 0 aliphatic carbocycles. The summed E-state index contributed by atoms with van der Waals surface area (Å²) in [5, 5.41) is 10.2. The van der Waals surface area contributed by atoms with E-state index in [0.717, 1.165) is 18.8 Å². The predicted octanol–water partition coefficient (Wildman–Crippen LogP) is 3.67. The third kappa shape index (κ3) is 4.17. The Kier molecular flexibility index (Phi) is 6.12. The molecule has 0 radical (unpaired) electrons. The third-order valence-electron chi connectivity index (χ3n) is 4.82. The van der Waals surface area contributed by atoms with Gasteiger partial charge in [0, 0.05) is 11.8 Å². The van der Waals surface area contributed by atoms with Gasteiger partial charge in [-0.3, -0.25) is 9.89 Å². The molecule has 1 N–H and O–H groups in total. The number of hydrogen-bond acceptors (Lipinski definition) is 5. The van der Waals surface area contributed by atoms with Crippen molar-refractivity contribution >= 4 is 6.21 Å². The second-order valence-electron chi connectivity index (χ2n) is 6.43. The highest BCUT2D eigenvalue weighted by Crippen LogP contribution is 2.30. The van der Waals surface area contributed by atoms with Crippen LogP contribution in [0.5, 0.6) is 17.2 Å². The number of ether oxygens (including phenoxy) is 2. The van der Waals surface area contributed by atoms with E-state index in [1.807, 2.05) is 24.3 Å². The van der Waals surface area contributed by atoms with Gasteiger partial charge in [0.25, 0.3) is 0 Å². The van der Waals surface area contributed by atoms with Crippen molar-refractivity contribution in [3.05, 3.63) is 53.6 Å². The highest BCUT2D eigenvalue weighted by molar-refractivity contribution is 5.84. The Morgan fingerprint density at radius 2 is 1.88 bits per heavy atom. The van der Waals surface area contributed by atoms with E-state index in [4.69, 9.17) is 9.47 Å². The molecule has 0 unspecified atom stereocenters. The van der Waals surface area contributed by atoms with Crippen molar-refractivity contribution < 1.29 is 14.6 Å². The number of likely N-dealkylation sites (tertiary alicyclic amines) is 1. The first-order valence-corrected chi connectivity index (χ1v) is 8.96. The summed E-state index contributed by atoms with van der Waals surface area (Å²) in [7, 11) is 3.23. The number of para-hydroxylation sites is 1. The van der Waals surface area contributed by atoms with Gasteiger partial charge in [-0.15, -0.1) is 0 Å². The molecule has 1 aliphatic heterocycles. The van der Waals surface area contributed by atoms with Crippen LogP contribution in [0.1, 0.15) is 30.0 Å². The van der Waals surface area contributed by atoms with Crippen LogP contribution in [0.3, 0.4) is 0 Å². The van der Waals surface area contributed by atoms with Gasteiger partial charge < -0.3 is 14.6 Å². The average Bonchev–Trinajstić information content (AvgIpc) is 3.21. The highest BCUT2D eigenvalue weighted by atomic mass is 16.5. The summed E-state index contributed by atoms with van der Waals surface area (Å²) in [5.74, 6) is 1.44. The summed E-state index contributed by atoms with van der Waals surface area (Å²) < 4.78 is 10.5. The van der Waals surface area contributed by atoms with Crippen molar-refractivity contribution in [2.24, 2.45) is 4.99 Å². The molecular weight excluding hydrogens is 328 g/mol. The number of phenols is 1. The SMILES string of the molecule is COc1cccc([C@@H](CN=Cc2cccc(OC)c2O)N2CCCC2)c1. The van der Waals surface area contributed by atoms with Gasteiger partial charge >= 0.3 is 0 Å². The number of nitrogens with zero attached hydrogens (tertiary/aromatic N) is 2. The van der Waals surface area contributed by atoms with E-state index in [9.17, 15) is 5.11 Å². The number of aliphatic imine (C=N–C) groups is 1. The zero-order valence-corrected chi connectivity index (χ0v) is 15.4. The molecule has 1 aliphatic rings. The van der Waals surface area contributed by atoms with E-state index < -0.39 is 0 Å². The highest BCUT2D eigenvalue weighted by Gasteiger charge is 2.23. The Balaban J connectivity index is 1.80. The third-order valence-corrected chi connectivity index (χ3v) is 4.82. The molecule has 5 heteroatoms. The van der Waals surface area contributed by atoms with E-state index in [1.54, 1.807) is 26.5 Å². The topological polar surface area (TPSA) is 54.3 Å². The molecule has 1 atom stereocenters. The van der Waals surface area contributed by atoms with Gasteiger partial charge in [-0.1, -0.05) is 18.2 Å². The Labute approximate surface area is 154 Å². The Morgan fingerprint density at radius 1 is 1.12 bits per heavy atom. The van der Waals surface area contributed by atoms with Crippen molar-refractivity contribution in [1.82, 2.24) is 4.90 Å². The summed E-state index contributed by atoms with van der Waals surface area (Å²) >= 11 is 0. The average molecular weight is 354 g/mol. The minimum atomic E-state index is 0.123. The summed E-state index contributed by atoms with van der Waals surface area (Å²) in [5.41, 5.74) is 1.87. The normalized spacial score (nSPS) is 16.1. The van der Waals surface area contributed by atoms with Crippen LogP contribution in [0.4, 0.5) is 0 Å². The molecule has 138 valence electrons. The minimum Gasteiger partial charge on any atom is -0.504 e. The largest absolute Gasteiger partial charge is 0.504 e. The lowest BCUT2D eigenvalue weighted by molar-refractivity contribution is 0.251. The lowest BCUT2D eigenvalue weighted by Crippen LogP contribution is -2.27. The molecule has 0 saturated carbocycles. The van der Waals surface area contributed by atoms with Crippen LogP contribution >= 0.6 is 0 Å². The predicted molar refractivity (Wildman–Crippen MR) is 104 cm³/mol. The number of hydrogen-bond donors (Lipinski definition) is 1. The van der Waals surface area contributed by atoms with Gasteiger partial charge in [0.05, 0.1) is 26.8 Å². The summed E-state index contributed by atoms with van der Waals surface area (Å²) in [6.45, 7) is 2.80. The lowest BCUT2D eigenvalue weighted by atomic mass is 10.1. The van der Waals surface area contributed by atoms with Crippen LogP contribution in [0.25, 0.3) is 0 Å². The van der Waals surface area contributed by atoms with E-state index in [-0.39, 0.29) is 11.8 Å². The van der Waals surface area contributed by atoms with Crippen LogP contribution in [0.15, 0.2) is 47.5 Å². The van der Waals surface area contributed by atoms with Crippen LogP contribution in [-0.2, 0) is 0 Å². The molecule has 0 bridgehead atoms. The second-order valence-corrected chi connectivity index (χ2v) is 6.43. The molecule has 3 rings (SSSR count). The fourth-order valence-electron chi connectivity index (χ4n) is 3.39. The molecule has 0 amide bonds. The van der Waals surface area contributed by atoms with Crippen LogP contribution in [0, 0.1) is 0 Å². The maximum absolute atomic E-state index is 10.2. The summed E-state index contributed by atoms with van der Waals surface area (Å²) in [6.07, 6.45) is 4.17. The quantitative estimate of drug-likeness (QED) is 0.771. The van der Waals surface area contributed by atoms with Crippen molar-refractivity contribution in [2.45, 2.75) is 18.9 Å². The van der Waals surface area contributed by atoms with E-state index in [2.05, 4.69) is 22.0 Å². The van der Waals surface area contributed by atoms with Gasteiger partial charge in [-0.2, -0.15) is 0 Å². The fourth-order valence-corrected chi connectivity index (χ4v) is 3.39. The first kappa shape index (κ1) is 18.3. The molecule has 1 fully saturated rings. The molecule has 1 saturated heterocycles. The van der Waals surface area contributed by atoms with E-state index in [1.165, 1.54) is 18.4 Å². The zero-order valence-electron chi connectivity index (χ0n) is 15.4. The van der Waals surface area contributed by atoms with Crippen LogP contribution in [-0.4, -0.2) is 50.1 Å². The summed E-state index contributed by atoms with van der Waals surface area (Å²) in [4.78, 5) is 7.10. The Hall–Kier alpha value is -2.53. The first-order valence-electron chi connectivity index (χ1n) is 8.96. The lowest BCUT2D eigenvalue weighted by Gasteiger charge is -2.26. The number of rotatable bonds is 7. The van der Waals surface area contributed by atoms with Gasteiger partial charge in [-0.05, 0) is 55.8 Å². The number of phenolic OH excluding ortho intramolecular Hbond substituents is 1. The van der Waals surface area contributed by atoms with Crippen LogP contribution in [0.2, 0.25) is 0 Å². The zero-order chi connectivity index (χ0) is 18.4. The standard InChI is InChI=1S/C21H26N2O3/c1-25-18-9-5-7-16(13-18)19(23-11-3-4-12-23)15-22-14-17-8-6-10-20(26-2)21(17)24/h5-10,13-14,19,24H,3-4,11-12,15H2,1-2H3/t19-/m1/s1. The molecular formula is C21H26N2O3. The number of aromatic hydroxyl groups is 1. The summed E-state index contributed by atoms with van der Waals surface area (Å²) in [6, 6.07) is 13.8. The van der Waals surface area contributed by atoms with Gasteiger partial charge in [0.1, 0.15) is 5.75 Å². The van der Waals surface area contributed by atoms with E-state index >= 15 is 0 Å². The first-order chi connectivity index (χ1) is 12.7. The molecule has 2 aromatic carbocycles. The molecule has 26 heavy (non-hydrogen) atoms. The molecule has 2 aromatic rings. The molecule has 0 spiro atoms. The van der Waals surface area contributed by atoms with Crippen LogP contribution < -0.4 is 9.47 Å². The number of benzene rings is 2. The van der Waals surface area contributed by atoms with Gasteiger partial charge in [0.2, 0.25) is 0 Å². The second kappa shape index (κ2) is 8.72. The van der Waals surface area contributed by atoms with Gasteiger partial charge in [-0.25, -0.2) is 0 Å². The van der Waals surface area contributed by atoms with Crippen molar-refractivity contribution in [1.29, 1.82) is 0 Å². The van der Waals surface area contributed by atoms with Crippen molar-refractivity contribution in [3.8, 4) is 17.2 Å². The fraction of sp³-hybridized carbons (Fsp3) is 0.381. The smallest absolute Gasteiger partial charge is 0.166 e. The van der Waals surface area contributed by atoms with Crippen molar-refractivity contribution in [3.63, 3.8) is 0 Å². The molecule has 5 nitrogen and oxygen atoms in total. The monoisotopic (exact) mass is 354 g/mol. The van der Waals surface area contributed by atoms with E-state index in [0.29, 0.717) is 17.9 Å². The number of methoxy groups -OCH3 is 2. The maximum atomic E-state index is 10.2. The molecule has 0 aromatic heterocycles. The molecule has 1 heterocycles. The maximum Gasteiger partial charge on any atom is 0.166 e. The minimum absolute atomic E-state index is 0.123.